The van der Waals surface area contributed by atoms with Gasteiger partial charge in [-0.25, -0.2) is 0 Å². The summed E-state index contributed by atoms with van der Waals surface area (Å²) in [5.74, 6) is -0.728. The van der Waals surface area contributed by atoms with Crippen LogP contribution in [0.4, 0.5) is 5.69 Å². The number of carbonyl (C=O) groups excluding carboxylic acids is 2. The summed E-state index contributed by atoms with van der Waals surface area (Å²) in [6.45, 7) is 9.63. The van der Waals surface area contributed by atoms with Gasteiger partial charge in [-0.05, 0) is 49.4 Å². The number of amides is 2. The molecule has 1 heterocycles. The molecule has 6 heteroatoms. The van der Waals surface area contributed by atoms with Crippen molar-refractivity contribution >= 4 is 17.5 Å². The zero-order chi connectivity index (χ0) is 20.9. The van der Waals surface area contributed by atoms with Gasteiger partial charge in [-0.1, -0.05) is 45.2 Å². The van der Waals surface area contributed by atoms with Gasteiger partial charge in [-0.2, -0.15) is 0 Å². The number of hydrogen-bond donors (Lipinski definition) is 2. The Balaban J connectivity index is 1.69. The smallest absolute Gasteiger partial charge is 0.313 e. The molecule has 0 saturated carbocycles. The Hall–Kier alpha value is -1.92. The van der Waals surface area contributed by atoms with Crippen LogP contribution in [0.15, 0.2) is 24.3 Å². The molecular formula is C23H37N3O3. The highest BCUT2D eigenvalue weighted by molar-refractivity contribution is 6.39. The summed E-state index contributed by atoms with van der Waals surface area (Å²) in [6, 6.07) is 7.77. The van der Waals surface area contributed by atoms with Crippen LogP contribution in [0.1, 0.15) is 51.5 Å². The van der Waals surface area contributed by atoms with Gasteiger partial charge < -0.3 is 15.4 Å². The van der Waals surface area contributed by atoms with E-state index in [9.17, 15) is 9.59 Å². The number of hydrogen-bond acceptors (Lipinski definition) is 4. The molecule has 6 nitrogen and oxygen atoms in total. The van der Waals surface area contributed by atoms with E-state index in [1.807, 2.05) is 24.3 Å². The van der Waals surface area contributed by atoms with Crippen molar-refractivity contribution < 1.29 is 14.3 Å². The number of ether oxygens (including phenoxy) is 1. The van der Waals surface area contributed by atoms with E-state index in [-0.39, 0.29) is 0 Å². The maximum Gasteiger partial charge on any atom is 0.313 e. The van der Waals surface area contributed by atoms with Crippen molar-refractivity contribution in [2.75, 3.05) is 44.7 Å². The number of rotatable bonds is 11. The Kier molecular flexibility index (Phi) is 10.7. The Labute approximate surface area is 175 Å². The summed E-state index contributed by atoms with van der Waals surface area (Å²) in [4.78, 5) is 26.6. The molecule has 29 heavy (non-hydrogen) atoms. The van der Waals surface area contributed by atoms with Crippen LogP contribution >= 0.6 is 0 Å². The maximum absolute atomic E-state index is 12.1. The van der Waals surface area contributed by atoms with Gasteiger partial charge in [0.2, 0.25) is 0 Å². The van der Waals surface area contributed by atoms with Crippen molar-refractivity contribution in [2.45, 2.75) is 52.4 Å². The summed E-state index contributed by atoms with van der Waals surface area (Å²) in [6.07, 6.45) is 6.50. The molecule has 1 aliphatic rings. The van der Waals surface area contributed by atoms with Gasteiger partial charge in [0.15, 0.2) is 0 Å². The molecule has 0 aliphatic carbocycles. The van der Waals surface area contributed by atoms with Crippen LogP contribution in [0.5, 0.6) is 0 Å². The Morgan fingerprint density at radius 1 is 1.07 bits per heavy atom. The van der Waals surface area contributed by atoms with Crippen molar-refractivity contribution in [3.8, 4) is 0 Å². The lowest BCUT2D eigenvalue weighted by Gasteiger charge is -2.26. The SMILES string of the molecule is CCCC[C@H](CC)CNC(=O)C(=O)Nc1ccc(CCCN2CCOCC2)cc1. The number of unbranched alkanes of at least 4 members (excludes halogenated alkanes) is 1. The number of benzene rings is 1. The monoisotopic (exact) mass is 403 g/mol. The quantitative estimate of drug-likeness (QED) is 0.557. The van der Waals surface area contributed by atoms with Crippen LogP contribution in [0.3, 0.4) is 0 Å². The number of carbonyl (C=O) groups is 2. The maximum atomic E-state index is 12.1. The van der Waals surface area contributed by atoms with Gasteiger partial charge in [0.1, 0.15) is 0 Å². The summed E-state index contributed by atoms with van der Waals surface area (Å²) in [5, 5.41) is 5.46. The van der Waals surface area contributed by atoms with Crippen molar-refractivity contribution in [1.82, 2.24) is 10.2 Å². The lowest BCUT2D eigenvalue weighted by molar-refractivity contribution is -0.136. The number of morpholine rings is 1. The van der Waals surface area contributed by atoms with E-state index in [0.29, 0.717) is 18.2 Å². The first kappa shape index (κ1) is 23.4. The largest absolute Gasteiger partial charge is 0.379 e. The predicted octanol–water partition coefficient (Wildman–Crippen LogP) is 3.22. The van der Waals surface area contributed by atoms with Crippen LogP contribution in [0, 0.1) is 5.92 Å². The zero-order valence-corrected chi connectivity index (χ0v) is 18.0. The number of anilines is 1. The molecule has 0 spiro atoms. The molecule has 1 fully saturated rings. The molecule has 1 aliphatic heterocycles. The van der Waals surface area contributed by atoms with E-state index < -0.39 is 11.8 Å². The highest BCUT2D eigenvalue weighted by Crippen LogP contribution is 2.13. The van der Waals surface area contributed by atoms with E-state index in [1.165, 1.54) is 5.56 Å². The van der Waals surface area contributed by atoms with E-state index in [2.05, 4.69) is 29.4 Å². The van der Waals surface area contributed by atoms with Crippen LogP contribution < -0.4 is 10.6 Å². The lowest BCUT2D eigenvalue weighted by atomic mass is 9.99. The van der Waals surface area contributed by atoms with E-state index in [4.69, 9.17) is 4.74 Å². The van der Waals surface area contributed by atoms with Crippen molar-refractivity contribution in [2.24, 2.45) is 5.92 Å². The lowest BCUT2D eigenvalue weighted by Crippen LogP contribution is -2.38. The summed E-state index contributed by atoms with van der Waals surface area (Å²) in [7, 11) is 0. The highest BCUT2D eigenvalue weighted by Gasteiger charge is 2.15. The molecular weight excluding hydrogens is 366 g/mol. The summed E-state index contributed by atoms with van der Waals surface area (Å²) < 4.78 is 5.37. The molecule has 1 aromatic carbocycles. The minimum Gasteiger partial charge on any atom is -0.379 e. The third-order valence-electron chi connectivity index (χ3n) is 5.56. The molecule has 1 atom stereocenters. The van der Waals surface area contributed by atoms with E-state index >= 15 is 0 Å². The van der Waals surface area contributed by atoms with Crippen molar-refractivity contribution in [1.29, 1.82) is 0 Å². The minimum atomic E-state index is -0.601. The summed E-state index contributed by atoms with van der Waals surface area (Å²) in [5.41, 5.74) is 1.89. The van der Waals surface area contributed by atoms with Crippen LogP contribution in [0.25, 0.3) is 0 Å². The van der Waals surface area contributed by atoms with E-state index in [1.54, 1.807) is 0 Å². The normalized spacial score (nSPS) is 15.7. The minimum absolute atomic E-state index is 0.434. The molecule has 0 radical (unpaired) electrons. The first-order valence-corrected chi connectivity index (χ1v) is 11.1. The molecule has 1 aromatic rings. The van der Waals surface area contributed by atoms with Gasteiger partial charge >= 0.3 is 11.8 Å². The van der Waals surface area contributed by atoms with Gasteiger partial charge in [0, 0.05) is 25.3 Å². The second kappa shape index (κ2) is 13.3. The molecule has 1 saturated heterocycles. The van der Waals surface area contributed by atoms with Crippen molar-refractivity contribution in [3.05, 3.63) is 29.8 Å². The number of nitrogens with zero attached hydrogens (tertiary/aromatic N) is 1. The number of nitrogens with one attached hydrogen (secondary N) is 2. The van der Waals surface area contributed by atoms with Gasteiger partial charge in [-0.15, -0.1) is 0 Å². The van der Waals surface area contributed by atoms with Gasteiger partial charge in [0.25, 0.3) is 0 Å². The molecule has 2 amide bonds. The molecule has 2 N–H and O–H groups in total. The van der Waals surface area contributed by atoms with Crippen LogP contribution in [-0.2, 0) is 20.7 Å². The van der Waals surface area contributed by atoms with Crippen molar-refractivity contribution in [3.63, 3.8) is 0 Å². The molecule has 162 valence electrons. The fraction of sp³-hybridized carbons (Fsp3) is 0.652. The Morgan fingerprint density at radius 2 is 1.79 bits per heavy atom. The van der Waals surface area contributed by atoms with Crippen LogP contribution in [-0.4, -0.2) is 56.1 Å². The Bertz CT molecular complexity index is 612. The molecule has 0 unspecified atom stereocenters. The first-order valence-electron chi connectivity index (χ1n) is 11.1. The second-order valence-electron chi connectivity index (χ2n) is 7.84. The fourth-order valence-corrected chi connectivity index (χ4v) is 3.53. The topological polar surface area (TPSA) is 70.7 Å². The van der Waals surface area contributed by atoms with Gasteiger partial charge in [0.05, 0.1) is 13.2 Å². The van der Waals surface area contributed by atoms with E-state index in [0.717, 1.165) is 71.4 Å². The first-order chi connectivity index (χ1) is 14.1. The molecule has 2 rings (SSSR count). The van der Waals surface area contributed by atoms with Gasteiger partial charge in [-0.3, -0.25) is 14.5 Å². The Morgan fingerprint density at radius 3 is 2.45 bits per heavy atom. The fourth-order valence-electron chi connectivity index (χ4n) is 3.53. The molecule has 0 aromatic heterocycles. The standard InChI is InChI=1S/C23H37N3O3/c1-3-5-7-19(4-2)18-24-22(27)23(28)25-21-11-9-20(10-12-21)8-6-13-26-14-16-29-17-15-26/h9-12,19H,3-8,13-18H2,1-2H3,(H,24,27)(H,25,28)/t19-/m0/s1. The third-order valence-corrected chi connectivity index (χ3v) is 5.56. The third kappa shape index (κ3) is 8.96. The predicted molar refractivity (Wildman–Crippen MR) is 117 cm³/mol. The zero-order valence-electron chi connectivity index (χ0n) is 18.0. The average Bonchev–Trinajstić information content (AvgIpc) is 2.75. The van der Waals surface area contributed by atoms with Crippen LogP contribution in [0.2, 0.25) is 0 Å². The highest BCUT2D eigenvalue weighted by atomic mass is 16.5. The molecule has 0 bridgehead atoms. The average molecular weight is 404 g/mol. The number of aryl methyl sites for hydroxylation is 1. The second-order valence-corrected chi connectivity index (χ2v) is 7.84. The summed E-state index contributed by atoms with van der Waals surface area (Å²) >= 11 is 0.